The third-order valence-corrected chi connectivity index (χ3v) is 4.56. The Balaban J connectivity index is 1.50. The van der Waals surface area contributed by atoms with Gasteiger partial charge in [-0.1, -0.05) is 28.1 Å². The number of halogens is 2. The van der Waals surface area contributed by atoms with Crippen LogP contribution in [-0.2, 0) is 20.9 Å². The molecule has 9 nitrogen and oxygen atoms in total. The summed E-state index contributed by atoms with van der Waals surface area (Å²) in [4.78, 5) is 35.7. The molecule has 0 radical (unpaired) electrons. The fourth-order valence-electron chi connectivity index (χ4n) is 2.51. The fraction of sp³-hybridized carbons (Fsp3) is 0.0909. The van der Waals surface area contributed by atoms with Crippen LogP contribution >= 0.6 is 15.9 Å². The first kappa shape index (κ1) is 23.7. The van der Waals surface area contributed by atoms with Crippen LogP contribution in [0.2, 0.25) is 0 Å². The topological polar surface area (TPSA) is 122 Å². The number of carbonyl (C=O) groups excluding carboxylic acids is 3. The summed E-state index contributed by atoms with van der Waals surface area (Å²) in [5, 5.41) is 8.55. The van der Waals surface area contributed by atoms with E-state index in [9.17, 15) is 18.8 Å². The van der Waals surface area contributed by atoms with Crippen LogP contribution < -0.4 is 20.8 Å². The van der Waals surface area contributed by atoms with E-state index in [0.717, 1.165) is 0 Å². The number of amides is 3. The van der Waals surface area contributed by atoms with Crippen molar-refractivity contribution in [2.24, 2.45) is 5.10 Å². The second-order valence-electron chi connectivity index (χ2n) is 6.46. The van der Waals surface area contributed by atoms with Crippen molar-refractivity contribution >= 4 is 45.6 Å². The number of carbonyl (C=O) groups is 3. The molecule has 0 bridgehead atoms. The average Bonchev–Trinajstić information content (AvgIpc) is 3.32. The number of nitrogens with one attached hydrogen (secondary N) is 3. The summed E-state index contributed by atoms with van der Waals surface area (Å²) in [5.74, 6) is -2.21. The number of anilines is 1. The number of hydrogen-bond acceptors (Lipinski definition) is 6. The molecule has 2 aromatic carbocycles. The van der Waals surface area contributed by atoms with E-state index in [0.29, 0.717) is 21.5 Å². The zero-order valence-electron chi connectivity index (χ0n) is 17.0. The Morgan fingerprint density at radius 3 is 2.67 bits per heavy atom. The van der Waals surface area contributed by atoms with Gasteiger partial charge in [-0.2, -0.15) is 5.10 Å². The van der Waals surface area contributed by atoms with Crippen molar-refractivity contribution in [2.45, 2.75) is 6.54 Å². The summed E-state index contributed by atoms with van der Waals surface area (Å²) in [6.07, 6.45) is 2.72. The van der Waals surface area contributed by atoms with Crippen molar-refractivity contribution in [1.29, 1.82) is 0 Å². The Bertz CT molecular complexity index is 1170. The SMILES string of the molecule is O=C(COc1ccccc1/C=N\NC(=O)C(=O)NCc1ccco1)Nc1ccc(Br)cc1F. The van der Waals surface area contributed by atoms with E-state index < -0.39 is 23.5 Å². The lowest BCUT2D eigenvalue weighted by Crippen LogP contribution is -2.37. The normalized spacial score (nSPS) is 10.6. The van der Waals surface area contributed by atoms with Gasteiger partial charge in [0.05, 0.1) is 24.7 Å². The van der Waals surface area contributed by atoms with Gasteiger partial charge in [-0.25, -0.2) is 9.82 Å². The van der Waals surface area contributed by atoms with Gasteiger partial charge in [0.15, 0.2) is 6.61 Å². The summed E-state index contributed by atoms with van der Waals surface area (Å²) in [6.45, 7) is -0.326. The molecule has 1 heterocycles. The van der Waals surface area contributed by atoms with Crippen LogP contribution in [0.25, 0.3) is 0 Å². The molecule has 3 aromatic rings. The molecule has 3 N–H and O–H groups in total. The standard InChI is InChI=1S/C22H18BrFN4O5/c23-15-7-8-18(17(24)10-15)27-20(29)13-33-19-6-2-1-4-14(19)11-26-28-22(31)21(30)25-12-16-5-3-9-32-16/h1-11H,12-13H2,(H,25,30)(H,27,29)(H,28,31)/b26-11-. The fourth-order valence-corrected chi connectivity index (χ4v) is 2.84. The molecule has 1 aromatic heterocycles. The van der Waals surface area contributed by atoms with Gasteiger partial charge in [0.2, 0.25) is 0 Å². The number of furan rings is 1. The Hall–Kier alpha value is -3.99. The smallest absolute Gasteiger partial charge is 0.329 e. The van der Waals surface area contributed by atoms with Crippen molar-refractivity contribution in [3.05, 3.63) is 82.5 Å². The third-order valence-electron chi connectivity index (χ3n) is 4.06. The zero-order valence-corrected chi connectivity index (χ0v) is 18.6. The number of rotatable bonds is 8. The van der Waals surface area contributed by atoms with E-state index in [1.165, 1.54) is 24.6 Å². The number of nitrogens with zero attached hydrogens (tertiary/aromatic N) is 1. The zero-order chi connectivity index (χ0) is 23.6. The quantitative estimate of drug-likeness (QED) is 0.241. The Morgan fingerprint density at radius 2 is 1.91 bits per heavy atom. The molecule has 0 spiro atoms. The molecule has 0 aliphatic rings. The molecule has 0 aliphatic carbocycles. The van der Waals surface area contributed by atoms with Gasteiger partial charge < -0.3 is 19.8 Å². The first-order chi connectivity index (χ1) is 15.9. The highest BCUT2D eigenvalue weighted by molar-refractivity contribution is 9.10. The van der Waals surface area contributed by atoms with Gasteiger partial charge >= 0.3 is 11.8 Å². The van der Waals surface area contributed by atoms with Crippen LogP contribution in [0.4, 0.5) is 10.1 Å². The summed E-state index contributed by atoms with van der Waals surface area (Å²) < 4.78 is 24.9. The minimum atomic E-state index is -0.966. The van der Waals surface area contributed by atoms with Gasteiger partial charge in [0.25, 0.3) is 5.91 Å². The summed E-state index contributed by atoms with van der Waals surface area (Å²) in [7, 11) is 0. The molecule has 0 aliphatic heterocycles. The minimum Gasteiger partial charge on any atom is -0.483 e. The number of ether oxygens (including phenoxy) is 1. The lowest BCUT2D eigenvalue weighted by atomic mass is 10.2. The predicted molar refractivity (Wildman–Crippen MR) is 121 cm³/mol. The van der Waals surface area contributed by atoms with Crippen molar-refractivity contribution in [3.8, 4) is 5.75 Å². The van der Waals surface area contributed by atoms with Crippen molar-refractivity contribution in [3.63, 3.8) is 0 Å². The maximum absolute atomic E-state index is 13.8. The van der Waals surface area contributed by atoms with Crippen LogP contribution in [0.15, 0.2) is 74.9 Å². The largest absolute Gasteiger partial charge is 0.483 e. The van der Waals surface area contributed by atoms with Crippen LogP contribution in [0.5, 0.6) is 5.75 Å². The highest BCUT2D eigenvalue weighted by Crippen LogP contribution is 2.20. The van der Waals surface area contributed by atoms with E-state index in [-0.39, 0.29) is 18.8 Å². The van der Waals surface area contributed by atoms with Crippen LogP contribution in [0.3, 0.4) is 0 Å². The monoisotopic (exact) mass is 516 g/mol. The summed E-state index contributed by atoms with van der Waals surface area (Å²) >= 11 is 3.14. The number of benzene rings is 2. The van der Waals surface area contributed by atoms with Crippen LogP contribution in [-0.4, -0.2) is 30.5 Å². The Labute approximate surface area is 196 Å². The lowest BCUT2D eigenvalue weighted by Gasteiger charge is -2.10. The van der Waals surface area contributed by atoms with Gasteiger partial charge in [-0.3, -0.25) is 14.4 Å². The maximum atomic E-state index is 13.8. The van der Waals surface area contributed by atoms with E-state index >= 15 is 0 Å². The Morgan fingerprint density at radius 1 is 1.09 bits per heavy atom. The van der Waals surface area contributed by atoms with Gasteiger partial charge in [-0.05, 0) is 42.5 Å². The molecule has 11 heteroatoms. The molecule has 0 saturated carbocycles. The third kappa shape index (κ3) is 7.28. The van der Waals surface area contributed by atoms with E-state index in [1.807, 2.05) is 0 Å². The summed E-state index contributed by atoms with van der Waals surface area (Å²) in [5.41, 5.74) is 2.57. The van der Waals surface area contributed by atoms with E-state index in [1.54, 1.807) is 42.5 Å². The second-order valence-corrected chi connectivity index (χ2v) is 7.38. The van der Waals surface area contributed by atoms with Crippen molar-refractivity contribution < 1.29 is 27.9 Å². The van der Waals surface area contributed by atoms with Crippen LogP contribution in [0, 0.1) is 5.82 Å². The maximum Gasteiger partial charge on any atom is 0.329 e. The van der Waals surface area contributed by atoms with Gasteiger partial charge in [0.1, 0.15) is 17.3 Å². The molecular weight excluding hydrogens is 499 g/mol. The molecule has 3 rings (SSSR count). The molecule has 0 saturated heterocycles. The van der Waals surface area contributed by atoms with Crippen molar-refractivity contribution in [2.75, 3.05) is 11.9 Å². The van der Waals surface area contributed by atoms with E-state index in [2.05, 4.69) is 37.1 Å². The number of hydrazone groups is 1. The highest BCUT2D eigenvalue weighted by Gasteiger charge is 2.13. The van der Waals surface area contributed by atoms with Crippen molar-refractivity contribution in [1.82, 2.24) is 10.7 Å². The van der Waals surface area contributed by atoms with E-state index in [4.69, 9.17) is 9.15 Å². The molecule has 170 valence electrons. The summed E-state index contributed by atoms with van der Waals surface area (Å²) in [6, 6.07) is 14.2. The number of para-hydroxylation sites is 1. The minimum absolute atomic E-state index is 0.0229. The molecule has 3 amide bonds. The lowest BCUT2D eigenvalue weighted by molar-refractivity contribution is -0.139. The predicted octanol–water partition coefficient (Wildman–Crippen LogP) is 2.97. The molecule has 33 heavy (non-hydrogen) atoms. The molecule has 0 unspecified atom stereocenters. The second kappa shape index (κ2) is 11.6. The van der Waals surface area contributed by atoms with Gasteiger partial charge in [0, 0.05) is 10.0 Å². The molecule has 0 atom stereocenters. The molecular formula is C22H18BrFN4O5. The average molecular weight is 517 g/mol. The number of hydrogen-bond donors (Lipinski definition) is 3. The molecule has 0 fully saturated rings. The van der Waals surface area contributed by atoms with Crippen LogP contribution in [0.1, 0.15) is 11.3 Å². The van der Waals surface area contributed by atoms with Gasteiger partial charge in [-0.15, -0.1) is 0 Å². The first-order valence-corrected chi connectivity index (χ1v) is 10.3. The highest BCUT2D eigenvalue weighted by atomic mass is 79.9. The first-order valence-electron chi connectivity index (χ1n) is 9.52. The Kier molecular flexibility index (Phi) is 8.30.